The van der Waals surface area contributed by atoms with Crippen LogP contribution in [0.2, 0.25) is 0 Å². The Morgan fingerprint density at radius 2 is 1.80 bits per heavy atom. The number of rotatable bonds is 7. The number of aryl methyl sites for hydroxylation is 1. The van der Waals surface area contributed by atoms with E-state index in [-0.39, 0.29) is 22.6 Å². The third-order valence-electron chi connectivity index (χ3n) is 3.40. The van der Waals surface area contributed by atoms with E-state index >= 15 is 0 Å². The highest BCUT2D eigenvalue weighted by atomic mass is 32.2. The van der Waals surface area contributed by atoms with E-state index in [1.54, 1.807) is 18.2 Å². The molecule has 0 unspecified atom stereocenters. The molecule has 2 aromatic carbocycles. The van der Waals surface area contributed by atoms with E-state index in [1.165, 1.54) is 37.4 Å². The van der Waals surface area contributed by atoms with E-state index in [0.717, 1.165) is 5.56 Å². The second-order valence-electron chi connectivity index (χ2n) is 5.22. The summed E-state index contributed by atoms with van der Waals surface area (Å²) >= 11 is 0. The minimum Gasteiger partial charge on any atom is -0.481 e. The largest absolute Gasteiger partial charge is 0.481 e. The lowest BCUT2D eigenvalue weighted by Crippen LogP contribution is -2.13. The molecule has 0 aromatic heterocycles. The number of nitrogens with one attached hydrogen (secondary N) is 1. The van der Waals surface area contributed by atoms with Crippen molar-refractivity contribution in [3.05, 3.63) is 59.7 Å². The highest BCUT2D eigenvalue weighted by Crippen LogP contribution is 2.18. The van der Waals surface area contributed by atoms with Crippen molar-refractivity contribution in [2.45, 2.75) is 17.7 Å². The van der Waals surface area contributed by atoms with Crippen molar-refractivity contribution in [2.75, 3.05) is 11.8 Å². The van der Waals surface area contributed by atoms with Gasteiger partial charge in [0.25, 0.3) is 10.0 Å². The molecule has 0 radical (unpaired) electrons. The van der Waals surface area contributed by atoms with Crippen molar-refractivity contribution < 1.29 is 27.9 Å². The first kappa shape index (κ1) is 18.5. The number of hydrogen-bond donors (Lipinski definition) is 2. The van der Waals surface area contributed by atoms with E-state index in [2.05, 4.69) is 9.46 Å². The predicted molar refractivity (Wildman–Crippen MR) is 91.0 cm³/mol. The fourth-order valence-corrected chi connectivity index (χ4v) is 3.18. The first-order chi connectivity index (χ1) is 11.8. The summed E-state index contributed by atoms with van der Waals surface area (Å²) in [6.07, 6.45) is 0.301. The summed E-state index contributed by atoms with van der Waals surface area (Å²) in [4.78, 5) is 22.1. The molecule has 25 heavy (non-hydrogen) atoms. The van der Waals surface area contributed by atoms with Crippen LogP contribution in [0.4, 0.5) is 5.69 Å². The van der Waals surface area contributed by atoms with E-state index in [1.807, 2.05) is 0 Å². The third kappa shape index (κ3) is 5.05. The number of hydrogen-bond acceptors (Lipinski definition) is 5. The minimum atomic E-state index is -3.83. The number of anilines is 1. The summed E-state index contributed by atoms with van der Waals surface area (Å²) < 4.78 is 31.8. The number of esters is 1. The van der Waals surface area contributed by atoms with Crippen LogP contribution in [0.3, 0.4) is 0 Å². The first-order valence-electron chi connectivity index (χ1n) is 7.34. The SMILES string of the molecule is COC(=O)c1cccc(NS(=O)(=O)c2ccc(CCC(=O)O)cc2)c1. The molecule has 0 saturated heterocycles. The van der Waals surface area contributed by atoms with Crippen LogP contribution in [0.5, 0.6) is 0 Å². The van der Waals surface area contributed by atoms with Gasteiger partial charge in [0, 0.05) is 12.1 Å². The van der Waals surface area contributed by atoms with Gasteiger partial charge in [0.15, 0.2) is 0 Å². The molecule has 2 N–H and O–H groups in total. The molecule has 0 fully saturated rings. The normalized spacial score (nSPS) is 10.9. The number of aliphatic carboxylic acids is 1. The molecule has 7 nitrogen and oxygen atoms in total. The van der Waals surface area contributed by atoms with Crippen molar-refractivity contribution >= 4 is 27.6 Å². The van der Waals surface area contributed by atoms with Gasteiger partial charge in [-0.3, -0.25) is 9.52 Å². The summed E-state index contributed by atoms with van der Waals surface area (Å²) in [5, 5.41) is 8.66. The molecule has 0 amide bonds. The number of sulfonamides is 1. The van der Waals surface area contributed by atoms with Crippen LogP contribution in [-0.4, -0.2) is 32.6 Å². The highest BCUT2D eigenvalue weighted by Gasteiger charge is 2.15. The Morgan fingerprint density at radius 3 is 2.40 bits per heavy atom. The molecule has 0 heterocycles. The Balaban J connectivity index is 2.16. The van der Waals surface area contributed by atoms with Crippen LogP contribution in [0.15, 0.2) is 53.4 Å². The smallest absolute Gasteiger partial charge is 0.337 e. The van der Waals surface area contributed by atoms with Crippen molar-refractivity contribution in [1.29, 1.82) is 0 Å². The zero-order chi connectivity index (χ0) is 18.4. The fourth-order valence-electron chi connectivity index (χ4n) is 2.13. The van der Waals surface area contributed by atoms with Crippen LogP contribution in [0, 0.1) is 0 Å². The second-order valence-corrected chi connectivity index (χ2v) is 6.90. The number of benzene rings is 2. The minimum absolute atomic E-state index is 0.0231. The van der Waals surface area contributed by atoms with Crippen LogP contribution >= 0.6 is 0 Å². The van der Waals surface area contributed by atoms with Crippen LogP contribution < -0.4 is 4.72 Å². The second kappa shape index (κ2) is 7.80. The number of carboxylic acids is 1. The molecule has 0 aliphatic carbocycles. The van der Waals surface area contributed by atoms with E-state index in [4.69, 9.17) is 5.11 Å². The highest BCUT2D eigenvalue weighted by molar-refractivity contribution is 7.92. The molecule has 0 spiro atoms. The average molecular weight is 363 g/mol. The lowest BCUT2D eigenvalue weighted by Gasteiger charge is -2.09. The molecule has 0 bridgehead atoms. The van der Waals surface area contributed by atoms with Gasteiger partial charge < -0.3 is 9.84 Å². The summed E-state index contributed by atoms with van der Waals surface area (Å²) in [6, 6.07) is 11.9. The Kier molecular flexibility index (Phi) is 5.76. The fraction of sp³-hybridized carbons (Fsp3) is 0.176. The van der Waals surface area contributed by atoms with E-state index in [9.17, 15) is 18.0 Å². The maximum atomic E-state index is 12.4. The topological polar surface area (TPSA) is 110 Å². The third-order valence-corrected chi connectivity index (χ3v) is 4.79. The Labute approximate surface area is 145 Å². The van der Waals surface area contributed by atoms with Gasteiger partial charge in [-0.2, -0.15) is 0 Å². The molecular weight excluding hydrogens is 346 g/mol. The predicted octanol–water partition coefficient (Wildman–Crippen LogP) is 2.29. The maximum absolute atomic E-state index is 12.4. The van der Waals surface area contributed by atoms with Gasteiger partial charge >= 0.3 is 11.9 Å². The zero-order valence-electron chi connectivity index (χ0n) is 13.4. The lowest BCUT2D eigenvalue weighted by atomic mass is 10.1. The molecule has 0 aliphatic heterocycles. The molecule has 2 aromatic rings. The number of ether oxygens (including phenoxy) is 1. The van der Waals surface area contributed by atoms with Gasteiger partial charge in [-0.25, -0.2) is 13.2 Å². The van der Waals surface area contributed by atoms with Crippen molar-refractivity contribution in [2.24, 2.45) is 0 Å². The molecule has 132 valence electrons. The van der Waals surface area contributed by atoms with Gasteiger partial charge in [-0.05, 0) is 42.3 Å². The molecule has 0 atom stereocenters. The summed E-state index contributed by atoms with van der Waals surface area (Å²) in [7, 11) is -2.59. The summed E-state index contributed by atoms with van der Waals surface area (Å²) in [5.41, 5.74) is 1.19. The Morgan fingerprint density at radius 1 is 1.12 bits per heavy atom. The first-order valence-corrected chi connectivity index (χ1v) is 8.82. The number of carbonyl (C=O) groups is 2. The molecule has 8 heteroatoms. The van der Waals surface area contributed by atoms with Crippen LogP contribution in [0.1, 0.15) is 22.3 Å². The van der Waals surface area contributed by atoms with Crippen molar-refractivity contribution in [3.63, 3.8) is 0 Å². The summed E-state index contributed by atoms with van der Waals surface area (Å²) in [6.45, 7) is 0. The molecule has 2 rings (SSSR count). The Hall–Kier alpha value is -2.87. The van der Waals surface area contributed by atoms with Crippen molar-refractivity contribution in [1.82, 2.24) is 0 Å². The van der Waals surface area contributed by atoms with Crippen LogP contribution in [0.25, 0.3) is 0 Å². The van der Waals surface area contributed by atoms with E-state index < -0.39 is 22.0 Å². The van der Waals surface area contributed by atoms with Crippen LogP contribution in [-0.2, 0) is 26.0 Å². The number of carbonyl (C=O) groups excluding carboxylic acids is 1. The molecule has 0 aliphatic rings. The number of methoxy groups -OCH3 is 1. The Bertz CT molecular complexity index is 874. The quantitative estimate of drug-likeness (QED) is 0.731. The average Bonchev–Trinajstić information content (AvgIpc) is 2.59. The van der Waals surface area contributed by atoms with E-state index in [0.29, 0.717) is 6.42 Å². The van der Waals surface area contributed by atoms with Gasteiger partial charge in [-0.15, -0.1) is 0 Å². The molecular formula is C17H17NO6S. The lowest BCUT2D eigenvalue weighted by molar-refractivity contribution is -0.136. The number of carboxylic acid groups (broad SMARTS) is 1. The standard InChI is InChI=1S/C17H17NO6S/c1-24-17(21)13-3-2-4-14(11-13)18-25(22,23)15-8-5-12(6-9-15)7-10-16(19)20/h2-6,8-9,11,18H,7,10H2,1H3,(H,19,20). The van der Waals surface area contributed by atoms with Crippen molar-refractivity contribution in [3.8, 4) is 0 Å². The monoisotopic (exact) mass is 363 g/mol. The van der Waals surface area contributed by atoms with Gasteiger partial charge in [-0.1, -0.05) is 18.2 Å². The summed E-state index contributed by atoms with van der Waals surface area (Å²) in [5.74, 6) is -1.48. The van der Waals surface area contributed by atoms with Gasteiger partial charge in [0.1, 0.15) is 0 Å². The molecule has 0 saturated carbocycles. The zero-order valence-corrected chi connectivity index (χ0v) is 14.2. The van der Waals surface area contributed by atoms with Gasteiger partial charge in [0.05, 0.1) is 17.6 Å². The maximum Gasteiger partial charge on any atom is 0.337 e. The van der Waals surface area contributed by atoms with Gasteiger partial charge in [0.2, 0.25) is 0 Å².